The highest BCUT2D eigenvalue weighted by atomic mass is 16.5. The summed E-state index contributed by atoms with van der Waals surface area (Å²) in [5.41, 5.74) is 1.63. The Labute approximate surface area is 117 Å². The predicted octanol–water partition coefficient (Wildman–Crippen LogP) is 2.59. The van der Waals surface area contributed by atoms with Crippen molar-refractivity contribution in [2.45, 2.75) is 32.1 Å². The summed E-state index contributed by atoms with van der Waals surface area (Å²) in [6, 6.07) is 9.47. The molecule has 0 radical (unpaired) electrons. The molecule has 0 spiro atoms. The van der Waals surface area contributed by atoms with Crippen molar-refractivity contribution in [1.29, 1.82) is 0 Å². The Hall–Kier alpha value is -2.10. The fourth-order valence-corrected chi connectivity index (χ4v) is 2.41. The van der Waals surface area contributed by atoms with Crippen LogP contribution in [0.1, 0.15) is 43.8 Å². The van der Waals surface area contributed by atoms with Crippen molar-refractivity contribution in [3.63, 3.8) is 0 Å². The van der Waals surface area contributed by atoms with E-state index < -0.39 is 0 Å². The van der Waals surface area contributed by atoms with E-state index in [0.29, 0.717) is 12.4 Å². The topological polar surface area (TPSA) is 55.0 Å². The molecular weight excluding hydrogens is 252 g/mol. The van der Waals surface area contributed by atoms with Crippen LogP contribution in [0.3, 0.4) is 0 Å². The Bertz CT molecular complexity index is 698. The molecule has 1 aliphatic heterocycles. The van der Waals surface area contributed by atoms with Crippen molar-refractivity contribution >= 4 is 0 Å². The second kappa shape index (κ2) is 4.47. The van der Waals surface area contributed by atoms with E-state index in [4.69, 9.17) is 4.74 Å². The highest BCUT2D eigenvalue weighted by Crippen LogP contribution is 2.36. The first kappa shape index (κ1) is 12.9. The Morgan fingerprint density at radius 3 is 2.80 bits per heavy atom. The number of nitrogens with zero attached hydrogens (tertiary/aromatic N) is 1. The van der Waals surface area contributed by atoms with Crippen molar-refractivity contribution in [3.05, 3.63) is 57.8 Å². The summed E-state index contributed by atoms with van der Waals surface area (Å²) < 4.78 is 5.67. The molecule has 1 atom stereocenters. The first-order valence-electron chi connectivity index (χ1n) is 6.78. The number of para-hydroxylation sites is 1. The van der Waals surface area contributed by atoms with Crippen LogP contribution in [-0.2, 0) is 5.41 Å². The zero-order chi connectivity index (χ0) is 14.3. The summed E-state index contributed by atoms with van der Waals surface area (Å²) in [5.74, 6) is 1.56. The van der Waals surface area contributed by atoms with Crippen molar-refractivity contribution in [1.82, 2.24) is 9.97 Å². The van der Waals surface area contributed by atoms with Gasteiger partial charge in [0.15, 0.2) is 0 Å². The molecule has 2 aromatic rings. The predicted molar refractivity (Wildman–Crippen MR) is 77.3 cm³/mol. The third-order valence-electron chi connectivity index (χ3n) is 3.56. The second-order valence-corrected chi connectivity index (χ2v) is 6.17. The standard InChI is InChI=1S/C16H18N2O2/c1-16(2,3)13-8-14(19)18-15(17-13)11-9-20-12-7-5-4-6-10(11)12/h4-8,11H,9H2,1-3H3,(H,17,18,19). The normalized spacial score (nSPS) is 17.6. The van der Waals surface area contributed by atoms with Gasteiger partial charge in [0.05, 0.1) is 11.6 Å². The van der Waals surface area contributed by atoms with E-state index in [0.717, 1.165) is 17.0 Å². The molecule has 0 saturated carbocycles. The number of hydrogen-bond acceptors (Lipinski definition) is 3. The number of H-pyrrole nitrogens is 1. The maximum atomic E-state index is 11.9. The lowest BCUT2D eigenvalue weighted by molar-refractivity contribution is 0.339. The van der Waals surface area contributed by atoms with Crippen LogP contribution in [0, 0.1) is 0 Å². The molecule has 104 valence electrons. The zero-order valence-corrected chi connectivity index (χ0v) is 11.9. The number of rotatable bonds is 1. The Balaban J connectivity index is 2.08. The van der Waals surface area contributed by atoms with Crippen LogP contribution in [0.15, 0.2) is 35.1 Å². The molecule has 1 aromatic heterocycles. The maximum absolute atomic E-state index is 11.9. The average Bonchev–Trinajstić information content (AvgIpc) is 2.80. The van der Waals surface area contributed by atoms with Crippen molar-refractivity contribution in [2.75, 3.05) is 6.61 Å². The molecule has 3 rings (SSSR count). The Morgan fingerprint density at radius 2 is 2.05 bits per heavy atom. The lowest BCUT2D eigenvalue weighted by Gasteiger charge is -2.19. The summed E-state index contributed by atoms with van der Waals surface area (Å²) in [6.07, 6.45) is 0. The van der Waals surface area contributed by atoms with E-state index in [9.17, 15) is 4.79 Å². The summed E-state index contributed by atoms with van der Waals surface area (Å²) in [7, 11) is 0. The minimum Gasteiger partial charge on any atom is -0.492 e. The zero-order valence-electron chi connectivity index (χ0n) is 11.9. The summed E-state index contributed by atoms with van der Waals surface area (Å²) >= 11 is 0. The van der Waals surface area contributed by atoms with Crippen LogP contribution >= 0.6 is 0 Å². The molecular formula is C16H18N2O2. The monoisotopic (exact) mass is 270 g/mol. The minimum absolute atomic E-state index is 0.00111. The lowest BCUT2D eigenvalue weighted by Crippen LogP contribution is -2.23. The van der Waals surface area contributed by atoms with Crippen LogP contribution in [-0.4, -0.2) is 16.6 Å². The maximum Gasteiger partial charge on any atom is 0.251 e. The number of aromatic nitrogens is 2. The molecule has 1 aliphatic rings. The molecule has 4 heteroatoms. The molecule has 0 fully saturated rings. The van der Waals surface area contributed by atoms with Gasteiger partial charge >= 0.3 is 0 Å². The molecule has 4 nitrogen and oxygen atoms in total. The Kier molecular flexibility index (Phi) is 2.89. The van der Waals surface area contributed by atoms with Crippen LogP contribution in [0.2, 0.25) is 0 Å². The molecule has 0 aliphatic carbocycles. The third-order valence-corrected chi connectivity index (χ3v) is 3.56. The quantitative estimate of drug-likeness (QED) is 0.866. The van der Waals surface area contributed by atoms with Gasteiger partial charge in [-0.15, -0.1) is 0 Å². The van der Waals surface area contributed by atoms with Gasteiger partial charge in [-0.05, 0) is 6.07 Å². The van der Waals surface area contributed by atoms with Gasteiger partial charge in [0, 0.05) is 17.0 Å². The number of aromatic amines is 1. The molecule has 0 saturated heterocycles. The van der Waals surface area contributed by atoms with Crippen LogP contribution in [0.5, 0.6) is 5.75 Å². The first-order valence-corrected chi connectivity index (χ1v) is 6.78. The van der Waals surface area contributed by atoms with E-state index in [1.54, 1.807) is 6.07 Å². The molecule has 0 amide bonds. The number of fused-ring (bicyclic) bond motifs is 1. The van der Waals surface area contributed by atoms with Gasteiger partial charge in [0.1, 0.15) is 18.2 Å². The molecule has 0 bridgehead atoms. The third kappa shape index (κ3) is 2.22. The Morgan fingerprint density at radius 1 is 1.30 bits per heavy atom. The van der Waals surface area contributed by atoms with Crippen LogP contribution in [0.4, 0.5) is 0 Å². The van der Waals surface area contributed by atoms with E-state index >= 15 is 0 Å². The van der Waals surface area contributed by atoms with Gasteiger partial charge in [-0.3, -0.25) is 4.79 Å². The van der Waals surface area contributed by atoms with Crippen LogP contribution in [0.25, 0.3) is 0 Å². The number of ether oxygens (including phenoxy) is 1. The summed E-state index contributed by atoms with van der Waals surface area (Å²) in [4.78, 5) is 19.4. The molecule has 1 unspecified atom stereocenters. The summed E-state index contributed by atoms with van der Waals surface area (Å²) in [5, 5.41) is 0. The number of benzene rings is 1. The SMILES string of the molecule is CC(C)(C)c1cc(=O)[nH]c(C2COc3ccccc32)n1. The molecule has 20 heavy (non-hydrogen) atoms. The molecule has 1 N–H and O–H groups in total. The van der Waals surface area contributed by atoms with Gasteiger partial charge in [-0.25, -0.2) is 4.98 Å². The van der Waals surface area contributed by atoms with Crippen molar-refractivity contribution in [2.24, 2.45) is 0 Å². The highest BCUT2D eigenvalue weighted by Gasteiger charge is 2.28. The second-order valence-electron chi connectivity index (χ2n) is 6.17. The fourth-order valence-electron chi connectivity index (χ4n) is 2.41. The molecule has 2 heterocycles. The van der Waals surface area contributed by atoms with E-state index in [1.165, 1.54) is 0 Å². The average molecular weight is 270 g/mol. The van der Waals surface area contributed by atoms with E-state index in [2.05, 4.69) is 30.7 Å². The largest absolute Gasteiger partial charge is 0.492 e. The van der Waals surface area contributed by atoms with Crippen molar-refractivity contribution < 1.29 is 4.74 Å². The minimum atomic E-state index is -0.151. The molecule has 1 aromatic carbocycles. The number of hydrogen-bond donors (Lipinski definition) is 1. The highest BCUT2D eigenvalue weighted by molar-refractivity contribution is 5.42. The summed E-state index contributed by atoms with van der Waals surface area (Å²) in [6.45, 7) is 6.68. The van der Waals surface area contributed by atoms with Crippen LogP contribution < -0.4 is 10.3 Å². The van der Waals surface area contributed by atoms with Gasteiger partial charge in [-0.1, -0.05) is 39.0 Å². The number of nitrogens with one attached hydrogen (secondary N) is 1. The van der Waals surface area contributed by atoms with Gasteiger partial charge < -0.3 is 9.72 Å². The van der Waals surface area contributed by atoms with E-state index in [-0.39, 0.29) is 16.9 Å². The van der Waals surface area contributed by atoms with Gasteiger partial charge in [-0.2, -0.15) is 0 Å². The van der Waals surface area contributed by atoms with E-state index in [1.807, 2.05) is 24.3 Å². The lowest BCUT2D eigenvalue weighted by atomic mass is 9.91. The van der Waals surface area contributed by atoms with Gasteiger partial charge in [0.25, 0.3) is 5.56 Å². The fraction of sp³-hybridized carbons (Fsp3) is 0.375. The first-order chi connectivity index (χ1) is 9.45. The smallest absolute Gasteiger partial charge is 0.251 e. The van der Waals surface area contributed by atoms with Crippen molar-refractivity contribution in [3.8, 4) is 5.75 Å². The van der Waals surface area contributed by atoms with Gasteiger partial charge in [0.2, 0.25) is 0 Å².